The molecule has 28 heavy (non-hydrogen) atoms. The number of hydrogen-bond acceptors (Lipinski definition) is 5. The maximum absolute atomic E-state index is 12.3. The molecule has 1 aliphatic heterocycles. The van der Waals surface area contributed by atoms with Gasteiger partial charge in [0.2, 0.25) is 5.88 Å². The summed E-state index contributed by atoms with van der Waals surface area (Å²) < 4.78 is 37.4. The summed E-state index contributed by atoms with van der Waals surface area (Å²) >= 11 is 0. The van der Waals surface area contributed by atoms with Crippen LogP contribution in [0.5, 0.6) is 5.88 Å². The molecule has 0 unspecified atom stereocenters. The summed E-state index contributed by atoms with van der Waals surface area (Å²) in [5.41, 5.74) is 2.29. The van der Waals surface area contributed by atoms with E-state index in [-0.39, 0.29) is 12.0 Å². The van der Waals surface area contributed by atoms with E-state index in [9.17, 15) is 18.0 Å². The normalized spacial score (nSPS) is 13.6. The molecule has 7 nitrogen and oxygen atoms in total. The third kappa shape index (κ3) is 6.23. The molecule has 0 saturated carbocycles. The van der Waals surface area contributed by atoms with Gasteiger partial charge in [-0.1, -0.05) is 18.2 Å². The number of pyridine rings is 1. The molecule has 150 valence electrons. The van der Waals surface area contributed by atoms with Crippen molar-refractivity contribution in [3.05, 3.63) is 53.7 Å². The van der Waals surface area contributed by atoms with E-state index in [4.69, 9.17) is 14.6 Å². The Bertz CT molecular complexity index is 839. The van der Waals surface area contributed by atoms with Crippen LogP contribution < -0.4 is 15.4 Å². The standard InChI is InChI=1S/C16H17N3O2.C2HF3O2/c1-11-4-2-3-5-14(11)16(20)19-12-6-7-18-15(8-12)21-13-9-17-10-13;3-2(4,5)1(6)7/h2-8,13,17H,9-10H2,1H3,(H,18,19,20);(H,6,7). The molecule has 1 aromatic heterocycles. The molecule has 0 radical (unpaired) electrons. The van der Waals surface area contributed by atoms with Gasteiger partial charge in [0.05, 0.1) is 0 Å². The molecule has 1 fully saturated rings. The zero-order valence-corrected chi connectivity index (χ0v) is 14.8. The molecule has 0 spiro atoms. The molecule has 2 aromatic rings. The van der Waals surface area contributed by atoms with Gasteiger partial charge >= 0.3 is 12.1 Å². The number of aromatic nitrogens is 1. The lowest BCUT2D eigenvalue weighted by Gasteiger charge is -2.27. The summed E-state index contributed by atoms with van der Waals surface area (Å²) in [5, 5.41) is 13.1. The molecule has 1 aromatic carbocycles. The Morgan fingerprint density at radius 3 is 2.43 bits per heavy atom. The third-order valence-electron chi connectivity index (χ3n) is 3.66. The van der Waals surface area contributed by atoms with Crippen molar-refractivity contribution in [3.8, 4) is 5.88 Å². The SMILES string of the molecule is Cc1ccccc1C(=O)Nc1ccnc(OC2CNC2)c1.O=C(O)C(F)(F)F. The highest BCUT2D eigenvalue weighted by atomic mass is 19.4. The minimum Gasteiger partial charge on any atom is -0.475 e. The van der Waals surface area contributed by atoms with E-state index in [1.165, 1.54) is 0 Å². The second-order valence-corrected chi connectivity index (χ2v) is 5.85. The first-order chi connectivity index (χ1) is 13.2. The number of hydrogen-bond donors (Lipinski definition) is 3. The summed E-state index contributed by atoms with van der Waals surface area (Å²) in [5.74, 6) is -2.35. The van der Waals surface area contributed by atoms with Crippen molar-refractivity contribution in [2.45, 2.75) is 19.2 Å². The number of nitrogens with zero attached hydrogens (tertiary/aromatic N) is 1. The number of halogens is 3. The fourth-order valence-electron chi connectivity index (χ4n) is 2.09. The summed E-state index contributed by atoms with van der Waals surface area (Å²) in [6, 6.07) is 11.0. The first-order valence-electron chi connectivity index (χ1n) is 8.17. The van der Waals surface area contributed by atoms with Crippen LogP contribution in [0, 0.1) is 6.92 Å². The van der Waals surface area contributed by atoms with E-state index in [0.717, 1.165) is 18.7 Å². The van der Waals surface area contributed by atoms with E-state index in [0.29, 0.717) is 17.1 Å². The number of aryl methyl sites for hydroxylation is 1. The Hall–Kier alpha value is -3.14. The smallest absolute Gasteiger partial charge is 0.475 e. The maximum atomic E-state index is 12.3. The Kier molecular flexibility index (Phi) is 6.94. The molecule has 2 heterocycles. The van der Waals surface area contributed by atoms with Gasteiger partial charge in [0.1, 0.15) is 6.10 Å². The van der Waals surface area contributed by atoms with E-state index in [2.05, 4.69) is 15.6 Å². The third-order valence-corrected chi connectivity index (χ3v) is 3.66. The topological polar surface area (TPSA) is 101 Å². The molecule has 1 saturated heterocycles. The lowest BCUT2D eigenvalue weighted by Crippen LogP contribution is -2.50. The van der Waals surface area contributed by atoms with E-state index in [1.807, 2.05) is 31.2 Å². The van der Waals surface area contributed by atoms with Gasteiger partial charge in [0, 0.05) is 36.6 Å². The van der Waals surface area contributed by atoms with Crippen LogP contribution in [0.1, 0.15) is 15.9 Å². The Morgan fingerprint density at radius 2 is 1.89 bits per heavy atom. The van der Waals surface area contributed by atoms with Gasteiger partial charge < -0.3 is 20.5 Å². The number of alkyl halides is 3. The quantitative estimate of drug-likeness (QED) is 0.733. The monoisotopic (exact) mass is 397 g/mol. The van der Waals surface area contributed by atoms with Crippen LogP contribution in [0.15, 0.2) is 42.6 Å². The maximum Gasteiger partial charge on any atom is 0.490 e. The highest BCUT2D eigenvalue weighted by Crippen LogP contribution is 2.18. The molecule has 0 aliphatic carbocycles. The van der Waals surface area contributed by atoms with Gasteiger partial charge in [-0.15, -0.1) is 0 Å². The van der Waals surface area contributed by atoms with Crippen LogP contribution in [0.2, 0.25) is 0 Å². The number of rotatable bonds is 4. The fourth-order valence-corrected chi connectivity index (χ4v) is 2.09. The summed E-state index contributed by atoms with van der Waals surface area (Å²) in [6.45, 7) is 3.59. The lowest BCUT2D eigenvalue weighted by atomic mass is 10.1. The number of aliphatic carboxylic acids is 1. The number of ether oxygens (including phenoxy) is 1. The molecule has 10 heteroatoms. The van der Waals surface area contributed by atoms with E-state index < -0.39 is 12.1 Å². The van der Waals surface area contributed by atoms with Gasteiger partial charge in [0.15, 0.2) is 0 Å². The van der Waals surface area contributed by atoms with Crippen molar-refractivity contribution in [2.24, 2.45) is 0 Å². The molecule has 1 aliphatic rings. The second-order valence-electron chi connectivity index (χ2n) is 5.85. The van der Waals surface area contributed by atoms with Gasteiger partial charge in [-0.25, -0.2) is 9.78 Å². The predicted molar refractivity (Wildman–Crippen MR) is 94.3 cm³/mol. The number of carboxylic acid groups (broad SMARTS) is 1. The molecule has 0 bridgehead atoms. The number of amides is 1. The highest BCUT2D eigenvalue weighted by molar-refractivity contribution is 6.05. The minimum atomic E-state index is -5.08. The minimum absolute atomic E-state index is 0.129. The Labute approximate surface area is 158 Å². The molecular formula is C18H18F3N3O4. The number of benzene rings is 1. The van der Waals surface area contributed by atoms with E-state index >= 15 is 0 Å². The summed E-state index contributed by atoms with van der Waals surface area (Å²) in [7, 11) is 0. The van der Waals surface area contributed by atoms with Gasteiger partial charge in [-0.2, -0.15) is 13.2 Å². The predicted octanol–water partition coefficient (Wildman–Crippen LogP) is 2.63. The lowest BCUT2D eigenvalue weighted by molar-refractivity contribution is -0.192. The molecule has 3 rings (SSSR count). The van der Waals surface area contributed by atoms with Crippen LogP contribution in [-0.2, 0) is 4.79 Å². The van der Waals surface area contributed by atoms with Crippen molar-refractivity contribution in [3.63, 3.8) is 0 Å². The van der Waals surface area contributed by atoms with Crippen LogP contribution in [0.25, 0.3) is 0 Å². The van der Waals surface area contributed by atoms with Crippen molar-refractivity contribution >= 4 is 17.6 Å². The number of anilines is 1. The van der Waals surface area contributed by atoms with Gasteiger partial charge in [0.25, 0.3) is 5.91 Å². The summed E-state index contributed by atoms with van der Waals surface area (Å²) in [4.78, 5) is 25.3. The van der Waals surface area contributed by atoms with Gasteiger partial charge in [-0.05, 0) is 24.6 Å². The molecule has 0 atom stereocenters. The van der Waals surface area contributed by atoms with Crippen molar-refractivity contribution in [2.75, 3.05) is 18.4 Å². The van der Waals surface area contributed by atoms with Crippen LogP contribution in [-0.4, -0.2) is 47.3 Å². The number of carboxylic acids is 1. The number of carbonyl (C=O) groups is 2. The van der Waals surface area contributed by atoms with Crippen molar-refractivity contribution < 1.29 is 32.6 Å². The second kappa shape index (κ2) is 9.18. The molecule has 1 amide bonds. The molecular weight excluding hydrogens is 379 g/mol. The van der Waals surface area contributed by atoms with Crippen molar-refractivity contribution in [1.29, 1.82) is 0 Å². The first kappa shape index (κ1) is 21.2. The average Bonchev–Trinajstić information content (AvgIpc) is 2.58. The number of nitrogens with one attached hydrogen (secondary N) is 2. The van der Waals surface area contributed by atoms with Crippen molar-refractivity contribution in [1.82, 2.24) is 10.3 Å². The molecule has 3 N–H and O–H groups in total. The zero-order valence-electron chi connectivity index (χ0n) is 14.8. The Morgan fingerprint density at radius 1 is 1.25 bits per heavy atom. The number of carbonyl (C=O) groups excluding carboxylic acids is 1. The van der Waals surface area contributed by atoms with Crippen LogP contribution in [0.3, 0.4) is 0 Å². The van der Waals surface area contributed by atoms with E-state index in [1.54, 1.807) is 18.3 Å². The highest BCUT2D eigenvalue weighted by Gasteiger charge is 2.38. The largest absolute Gasteiger partial charge is 0.490 e. The van der Waals surface area contributed by atoms with Crippen LogP contribution in [0.4, 0.5) is 18.9 Å². The van der Waals surface area contributed by atoms with Crippen LogP contribution >= 0.6 is 0 Å². The average molecular weight is 397 g/mol. The fraction of sp³-hybridized carbons (Fsp3) is 0.278. The first-order valence-corrected chi connectivity index (χ1v) is 8.17. The van der Waals surface area contributed by atoms with Gasteiger partial charge in [-0.3, -0.25) is 4.79 Å². The summed E-state index contributed by atoms with van der Waals surface area (Å²) in [6.07, 6.45) is -3.28. The Balaban J connectivity index is 0.000000345. The zero-order chi connectivity index (χ0) is 20.7.